The predicted molar refractivity (Wildman–Crippen MR) is 65.2 cm³/mol. The van der Waals surface area contributed by atoms with E-state index >= 15 is 0 Å². The van der Waals surface area contributed by atoms with Crippen molar-refractivity contribution in [3.05, 3.63) is 47.9 Å². The van der Waals surface area contributed by atoms with E-state index in [1.807, 2.05) is 0 Å². The van der Waals surface area contributed by atoms with Gasteiger partial charge in [-0.1, -0.05) is 12.1 Å². The number of carbonyl (C=O) groups is 2. The highest BCUT2D eigenvalue weighted by molar-refractivity contribution is 5.96. The summed E-state index contributed by atoms with van der Waals surface area (Å²) in [6.07, 6.45) is 1.11. The van der Waals surface area contributed by atoms with Crippen molar-refractivity contribution in [1.82, 2.24) is 0 Å². The molecule has 2 aromatic rings. The molecule has 0 aliphatic rings. The van der Waals surface area contributed by atoms with Crippen LogP contribution in [0.15, 0.2) is 41.0 Å². The molecule has 0 fully saturated rings. The summed E-state index contributed by atoms with van der Waals surface area (Å²) in [4.78, 5) is 22.7. The number of amides is 1. The van der Waals surface area contributed by atoms with Gasteiger partial charge < -0.3 is 19.6 Å². The molecule has 0 saturated carbocycles. The molecule has 0 bridgehead atoms. The van der Waals surface area contributed by atoms with Gasteiger partial charge in [0.25, 0.3) is 5.91 Å². The lowest BCUT2D eigenvalue weighted by atomic mass is 10.3. The minimum absolute atomic E-state index is 0.0970. The summed E-state index contributed by atoms with van der Waals surface area (Å²) in [7, 11) is 1.47. The fourth-order valence-electron chi connectivity index (χ4n) is 1.43. The first-order valence-electron chi connectivity index (χ1n) is 5.35. The number of hydrogen-bond acceptors (Lipinski definition) is 5. The fraction of sp³-hybridized carbons (Fsp3) is 0.0769. The summed E-state index contributed by atoms with van der Waals surface area (Å²) in [6.45, 7) is 0. The molecular formula is C13H11NO5. The Morgan fingerprint density at radius 1 is 1.21 bits per heavy atom. The number of para-hydroxylation sites is 2. The molecule has 0 saturated heterocycles. The maximum atomic E-state index is 11.8. The number of carbonyl (C=O) groups excluding carboxylic acids is 2. The number of ether oxygens (including phenoxy) is 2. The number of hydrogen-bond donors (Lipinski definition) is 1. The van der Waals surface area contributed by atoms with E-state index in [1.165, 1.54) is 13.2 Å². The Labute approximate surface area is 108 Å². The summed E-state index contributed by atoms with van der Waals surface area (Å²) in [5.74, 6) is -0.824. The van der Waals surface area contributed by atoms with E-state index < -0.39 is 11.9 Å². The van der Waals surface area contributed by atoms with Crippen molar-refractivity contribution in [2.45, 2.75) is 0 Å². The zero-order chi connectivity index (χ0) is 13.8. The third-order valence-corrected chi connectivity index (χ3v) is 2.35. The van der Waals surface area contributed by atoms with E-state index in [1.54, 1.807) is 24.3 Å². The van der Waals surface area contributed by atoms with Crippen LogP contribution in [0.25, 0.3) is 0 Å². The van der Waals surface area contributed by atoms with E-state index in [-0.39, 0.29) is 17.1 Å². The summed E-state index contributed by atoms with van der Waals surface area (Å²) < 4.78 is 15.0. The molecule has 0 atom stereocenters. The maximum absolute atomic E-state index is 11.8. The zero-order valence-electron chi connectivity index (χ0n) is 10.1. The number of rotatable bonds is 4. The lowest BCUT2D eigenvalue weighted by Crippen LogP contribution is -2.10. The van der Waals surface area contributed by atoms with Crippen LogP contribution in [-0.4, -0.2) is 19.0 Å². The Balaban J connectivity index is 2.18. The average molecular weight is 261 g/mol. The van der Waals surface area contributed by atoms with Crippen molar-refractivity contribution in [1.29, 1.82) is 0 Å². The van der Waals surface area contributed by atoms with Gasteiger partial charge in [-0.3, -0.25) is 4.79 Å². The SMILES string of the molecule is COc1ccccc1OC(=O)c1coc(C(N)=O)c1. The first-order chi connectivity index (χ1) is 9.11. The number of primary amides is 1. The summed E-state index contributed by atoms with van der Waals surface area (Å²) in [6, 6.07) is 7.92. The van der Waals surface area contributed by atoms with Crippen molar-refractivity contribution in [3.63, 3.8) is 0 Å². The molecule has 2 N–H and O–H groups in total. The standard InChI is InChI=1S/C13H11NO5/c1-17-9-4-2-3-5-10(9)19-13(16)8-6-11(12(14)15)18-7-8/h2-7H,1H3,(H2,14,15). The fourth-order valence-corrected chi connectivity index (χ4v) is 1.43. The van der Waals surface area contributed by atoms with Gasteiger partial charge in [0.1, 0.15) is 6.26 Å². The number of esters is 1. The molecule has 0 radical (unpaired) electrons. The zero-order valence-corrected chi connectivity index (χ0v) is 10.1. The topological polar surface area (TPSA) is 91.8 Å². The highest BCUT2D eigenvalue weighted by atomic mass is 16.6. The quantitative estimate of drug-likeness (QED) is 0.666. The van der Waals surface area contributed by atoms with Crippen molar-refractivity contribution in [2.24, 2.45) is 5.73 Å². The molecule has 1 aromatic heterocycles. The monoisotopic (exact) mass is 261 g/mol. The predicted octanol–water partition coefficient (Wildman–Crippen LogP) is 1.61. The molecule has 0 aliphatic heterocycles. The Morgan fingerprint density at radius 3 is 2.47 bits per heavy atom. The van der Waals surface area contributed by atoms with Gasteiger partial charge in [0, 0.05) is 6.07 Å². The molecule has 1 heterocycles. The average Bonchev–Trinajstić information content (AvgIpc) is 2.89. The molecular weight excluding hydrogens is 250 g/mol. The normalized spacial score (nSPS) is 9.95. The smallest absolute Gasteiger partial charge is 0.346 e. The highest BCUT2D eigenvalue weighted by Crippen LogP contribution is 2.26. The third-order valence-electron chi connectivity index (χ3n) is 2.35. The van der Waals surface area contributed by atoms with E-state index in [0.717, 1.165) is 6.26 Å². The Kier molecular flexibility index (Phi) is 3.51. The molecule has 0 aliphatic carbocycles. The van der Waals surface area contributed by atoms with Gasteiger partial charge >= 0.3 is 5.97 Å². The highest BCUT2D eigenvalue weighted by Gasteiger charge is 2.16. The Morgan fingerprint density at radius 2 is 1.89 bits per heavy atom. The van der Waals surface area contributed by atoms with Crippen LogP contribution < -0.4 is 15.2 Å². The van der Waals surface area contributed by atoms with Crippen LogP contribution in [0.5, 0.6) is 11.5 Å². The molecule has 98 valence electrons. The molecule has 2 rings (SSSR count). The maximum Gasteiger partial charge on any atom is 0.346 e. The van der Waals surface area contributed by atoms with E-state index in [0.29, 0.717) is 5.75 Å². The minimum Gasteiger partial charge on any atom is -0.493 e. The number of furan rings is 1. The van der Waals surface area contributed by atoms with E-state index in [9.17, 15) is 9.59 Å². The first kappa shape index (κ1) is 12.7. The number of nitrogens with two attached hydrogens (primary N) is 1. The van der Waals surface area contributed by atoms with E-state index in [2.05, 4.69) is 0 Å². The lowest BCUT2D eigenvalue weighted by Gasteiger charge is -2.07. The van der Waals surface area contributed by atoms with Crippen molar-refractivity contribution >= 4 is 11.9 Å². The van der Waals surface area contributed by atoms with Crippen LogP contribution in [0.2, 0.25) is 0 Å². The molecule has 19 heavy (non-hydrogen) atoms. The second-order valence-corrected chi connectivity index (χ2v) is 3.60. The van der Waals surface area contributed by atoms with Crippen LogP contribution in [0.3, 0.4) is 0 Å². The lowest BCUT2D eigenvalue weighted by molar-refractivity contribution is 0.0728. The van der Waals surface area contributed by atoms with Gasteiger partial charge in [-0.2, -0.15) is 0 Å². The second-order valence-electron chi connectivity index (χ2n) is 3.60. The largest absolute Gasteiger partial charge is 0.493 e. The van der Waals surface area contributed by atoms with Gasteiger partial charge in [-0.05, 0) is 12.1 Å². The molecule has 1 aromatic carbocycles. The summed E-state index contributed by atoms with van der Waals surface area (Å²) in [5.41, 5.74) is 5.12. The van der Waals surface area contributed by atoms with Gasteiger partial charge in [-0.25, -0.2) is 4.79 Å². The number of methoxy groups -OCH3 is 1. The van der Waals surface area contributed by atoms with Crippen LogP contribution in [0.1, 0.15) is 20.9 Å². The molecule has 6 nitrogen and oxygen atoms in total. The van der Waals surface area contributed by atoms with Crippen molar-refractivity contribution in [2.75, 3.05) is 7.11 Å². The van der Waals surface area contributed by atoms with Crippen LogP contribution >= 0.6 is 0 Å². The van der Waals surface area contributed by atoms with Crippen LogP contribution in [-0.2, 0) is 0 Å². The molecule has 1 amide bonds. The summed E-state index contributed by atoms with van der Waals surface area (Å²) >= 11 is 0. The molecule has 0 unspecified atom stereocenters. The minimum atomic E-state index is -0.753. The van der Waals surface area contributed by atoms with Crippen LogP contribution in [0, 0.1) is 0 Å². The van der Waals surface area contributed by atoms with Crippen molar-refractivity contribution in [3.8, 4) is 11.5 Å². The molecule has 0 spiro atoms. The van der Waals surface area contributed by atoms with Gasteiger partial charge in [0.2, 0.25) is 0 Å². The second kappa shape index (κ2) is 5.26. The first-order valence-corrected chi connectivity index (χ1v) is 5.35. The Bertz CT molecular complexity index is 617. The molecule has 6 heteroatoms. The van der Waals surface area contributed by atoms with Gasteiger partial charge in [-0.15, -0.1) is 0 Å². The van der Waals surface area contributed by atoms with Crippen molar-refractivity contribution < 1.29 is 23.5 Å². The van der Waals surface area contributed by atoms with E-state index in [4.69, 9.17) is 19.6 Å². The van der Waals surface area contributed by atoms with Gasteiger partial charge in [0.05, 0.1) is 12.7 Å². The summed E-state index contributed by atoms with van der Waals surface area (Å²) in [5, 5.41) is 0. The van der Waals surface area contributed by atoms with Crippen LogP contribution in [0.4, 0.5) is 0 Å². The van der Waals surface area contributed by atoms with Gasteiger partial charge in [0.15, 0.2) is 17.3 Å². The third kappa shape index (κ3) is 2.74. The Hall–Kier alpha value is -2.76. The number of benzene rings is 1.